The van der Waals surface area contributed by atoms with Gasteiger partial charge in [-0.15, -0.1) is 0 Å². The number of hydrogen-bond donors (Lipinski definition) is 0. The third-order valence-electron chi connectivity index (χ3n) is 13.5. The van der Waals surface area contributed by atoms with E-state index in [4.69, 9.17) is 13.9 Å². The summed E-state index contributed by atoms with van der Waals surface area (Å²) in [7, 11) is 0. The lowest BCUT2D eigenvalue weighted by molar-refractivity contribution is 0.296. The van der Waals surface area contributed by atoms with Gasteiger partial charge in [0.05, 0.1) is 24.6 Å². The number of fused-ring (bicyclic) bond motifs is 7. The van der Waals surface area contributed by atoms with Crippen molar-refractivity contribution in [1.82, 2.24) is 0 Å². The maximum atomic E-state index is 7.33. The lowest BCUT2D eigenvalue weighted by Crippen LogP contribution is -2.61. The van der Waals surface area contributed by atoms with Crippen LogP contribution in [0, 0.1) is 27.7 Å². The Bertz CT molecular complexity index is 2760. The highest BCUT2D eigenvalue weighted by Crippen LogP contribution is 2.52. The SMILES string of the molecule is Cc1cc(C(C)(C)C)cc(C)c1N1c2cc(C(C)(C)C)cc3c2B(c2cc(C(C)(C)C)ccc2N3c2c(C)cc3c(c2C)OCCCO3)c2c1oc1ccc(C(C)(C)C)cc21. The summed E-state index contributed by atoms with van der Waals surface area (Å²) in [6.07, 6.45) is 0.858. The van der Waals surface area contributed by atoms with Gasteiger partial charge in [-0.05, 0) is 136 Å². The standard InChI is InChI=1S/C55H65BN2O3/c1-31-24-37(54(11,12)13)25-32(2)48(31)58-43-30-38(55(14,15)16)29-42-47(43)56(46-39-27-35(52(5,6)7)19-21-44(39)61-51(46)58)40-28-36(53(8,9)10)18-20-41(40)57(42)49-33(3)26-45-50(34(49)4)60-23-17-22-59-45/h18-21,24-30H,17,22-23H2,1-16H3. The fourth-order valence-corrected chi connectivity index (χ4v) is 10.1. The summed E-state index contributed by atoms with van der Waals surface area (Å²) < 4.78 is 20.2. The van der Waals surface area contributed by atoms with Crippen LogP contribution in [0.1, 0.15) is 134 Å². The van der Waals surface area contributed by atoms with Crippen molar-refractivity contribution >= 4 is 68.4 Å². The van der Waals surface area contributed by atoms with E-state index in [2.05, 4.69) is 187 Å². The average molecular weight is 813 g/mol. The quantitative estimate of drug-likeness (QED) is 0.163. The smallest absolute Gasteiger partial charge is 0.257 e. The van der Waals surface area contributed by atoms with Crippen LogP contribution < -0.4 is 35.7 Å². The summed E-state index contributed by atoms with van der Waals surface area (Å²) in [5, 5.41) is 1.18. The Kier molecular flexibility index (Phi) is 9.27. The predicted molar refractivity (Wildman–Crippen MR) is 260 cm³/mol. The topological polar surface area (TPSA) is 38.1 Å². The van der Waals surface area contributed by atoms with Crippen LogP contribution in [0.2, 0.25) is 0 Å². The molecule has 0 spiro atoms. The van der Waals surface area contributed by atoms with Gasteiger partial charge in [0.2, 0.25) is 5.88 Å². The molecule has 0 fully saturated rings. The Morgan fingerprint density at radius 3 is 1.67 bits per heavy atom. The molecule has 0 radical (unpaired) electrons. The number of anilines is 6. The van der Waals surface area contributed by atoms with Crippen LogP contribution in [0.25, 0.3) is 11.0 Å². The molecule has 0 N–H and O–H groups in total. The van der Waals surface area contributed by atoms with E-state index in [9.17, 15) is 0 Å². The molecule has 1 aromatic heterocycles. The number of ether oxygens (including phenoxy) is 2. The maximum Gasteiger partial charge on any atom is 0.257 e. The molecule has 3 aliphatic heterocycles. The van der Waals surface area contributed by atoms with Gasteiger partial charge in [0, 0.05) is 39.9 Å². The molecule has 5 aromatic carbocycles. The highest BCUT2D eigenvalue weighted by Gasteiger charge is 2.48. The van der Waals surface area contributed by atoms with Crippen LogP contribution in [0.4, 0.5) is 34.3 Å². The van der Waals surface area contributed by atoms with Gasteiger partial charge in [-0.3, -0.25) is 4.90 Å². The first-order chi connectivity index (χ1) is 28.4. The van der Waals surface area contributed by atoms with E-state index in [0.29, 0.717) is 13.2 Å². The zero-order chi connectivity index (χ0) is 43.9. The van der Waals surface area contributed by atoms with Crippen molar-refractivity contribution in [2.24, 2.45) is 0 Å². The molecule has 6 heteroatoms. The molecule has 0 saturated carbocycles. The summed E-state index contributed by atoms with van der Waals surface area (Å²) >= 11 is 0. The van der Waals surface area contributed by atoms with Gasteiger partial charge in [0.25, 0.3) is 6.71 Å². The van der Waals surface area contributed by atoms with Crippen molar-refractivity contribution in [3.63, 3.8) is 0 Å². The minimum absolute atomic E-state index is 0.00752. The van der Waals surface area contributed by atoms with Gasteiger partial charge in [0.1, 0.15) is 5.58 Å². The van der Waals surface area contributed by atoms with Crippen LogP contribution in [0.15, 0.2) is 71.1 Å². The number of hydrogen-bond acceptors (Lipinski definition) is 5. The van der Waals surface area contributed by atoms with Crippen LogP contribution in [-0.4, -0.2) is 19.9 Å². The monoisotopic (exact) mass is 813 g/mol. The molecule has 0 unspecified atom stereocenters. The fraction of sp³-hybridized carbons (Fsp3) is 0.418. The van der Waals surface area contributed by atoms with Crippen LogP contribution in [-0.2, 0) is 21.7 Å². The first-order valence-corrected chi connectivity index (χ1v) is 22.5. The van der Waals surface area contributed by atoms with Crippen molar-refractivity contribution < 1.29 is 13.9 Å². The molecule has 61 heavy (non-hydrogen) atoms. The predicted octanol–water partition coefficient (Wildman–Crippen LogP) is 13.1. The molecule has 6 aromatic rings. The van der Waals surface area contributed by atoms with Crippen LogP contribution in [0.5, 0.6) is 11.5 Å². The third kappa shape index (κ3) is 6.57. The minimum atomic E-state index is -0.153. The van der Waals surface area contributed by atoms with Crippen molar-refractivity contribution in [3.05, 3.63) is 111 Å². The second kappa shape index (κ2) is 13.7. The average Bonchev–Trinajstić information content (AvgIpc) is 3.36. The molecule has 0 amide bonds. The fourth-order valence-electron chi connectivity index (χ4n) is 10.1. The van der Waals surface area contributed by atoms with Gasteiger partial charge in [0.15, 0.2) is 11.5 Å². The minimum Gasteiger partial charge on any atom is -0.490 e. The normalized spacial score (nSPS) is 15.2. The molecule has 4 heterocycles. The summed E-state index contributed by atoms with van der Waals surface area (Å²) in [5.74, 6) is 2.59. The molecular weight excluding hydrogens is 747 g/mol. The maximum absolute atomic E-state index is 7.33. The number of rotatable bonds is 2. The van der Waals surface area contributed by atoms with Crippen molar-refractivity contribution in [1.29, 1.82) is 0 Å². The van der Waals surface area contributed by atoms with Gasteiger partial charge in [-0.2, -0.15) is 0 Å². The third-order valence-corrected chi connectivity index (χ3v) is 13.5. The Morgan fingerprint density at radius 2 is 1.05 bits per heavy atom. The van der Waals surface area contributed by atoms with Crippen LogP contribution in [0.3, 0.4) is 0 Å². The molecule has 3 aliphatic rings. The first kappa shape index (κ1) is 41.3. The number of benzene rings is 5. The molecular formula is C55H65BN2O3. The molecule has 316 valence electrons. The molecule has 0 aliphatic carbocycles. The Morgan fingerprint density at radius 1 is 0.508 bits per heavy atom. The second-order valence-corrected chi connectivity index (χ2v) is 22.3. The van der Waals surface area contributed by atoms with E-state index < -0.39 is 0 Å². The van der Waals surface area contributed by atoms with E-state index in [0.717, 1.165) is 46.2 Å². The Balaban J connectivity index is 1.47. The zero-order valence-electron chi connectivity index (χ0n) is 39.7. The van der Waals surface area contributed by atoms with Crippen molar-refractivity contribution in [2.45, 2.75) is 139 Å². The lowest BCUT2D eigenvalue weighted by atomic mass is 9.33. The largest absolute Gasteiger partial charge is 0.490 e. The lowest BCUT2D eigenvalue weighted by Gasteiger charge is -2.45. The van der Waals surface area contributed by atoms with E-state index >= 15 is 0 Å². The summed E-state index contributed by atoms with van der Waals surface area (Å²) in [6.45, 7) is 38.0. The van der Waals surface area contributed by atoms with E-state index in [-0.39, 0.29) is 28.4 Å². The highest BCUT2D eigenvalue weighted by molar-refractivity contribution is 7.01. The van der Waals surface area contributed by atoms with Gasteiger partial charge in [-0.25, -0.2) is 0 Å². The first-order valence-electron chi connectivity index (χ1n) is 22.5. The number of furan rings is 1. The Hall–Kier alpha value is -5.10. The zero-order valence-corrected chi connectivity index (χ0v) is 39.7. The highest BCUT2D eigenvalue weighted by atomic mass is 16.5. The van der Waals surface area contributed by atoms with E-state index in [1.807, 2.05) is 0 Å². The van der Waals surface area contributed by atoms with Crippen LogP contribution >= 0.6 is 0 Å². The Labute approximate surface area is 365 Å². The molecule has 5 nitrogen and oxygen atoms in total. The molecule has 0 bridgehead atoms. The molecule has 9 rings (SSSR count). The molecule has 0 saturated heterocycles. The van der Waals surface area contributed by atoms with Gasteiger partial charge in [-0.1, -0.05) is 113 Å². The van der Waals surface area contributed by atoms with Crippen molar-refractivity contribution in [3.8, 4) is 11.5 Å². The van der Waals surface area contributed by atoms with Gasteiger partial charge < -0.3 is 18.8 Å². The second-order valence-electron chi connectivity index (χ2n) is 22.3. The summed E-state index contributed by atoms with van der Waals surface area (Å²) in [6, 6.07) is 26.1. The van der Waals surface area contributed by atoms with Crippen molar-refractivity contribution in [2.75, 3.05) is 23.0 Å². The van der Waals surface area contributed by atoms with Gasteiger partial charge >= 0.3 is 0 Å². The van der Waals surface area contributed by atoms with E-state index in [1.165, 1.54) is 77.9 Å². The summed E-state index contributed by atoms with van der Waals surface area (Å²) in [5.41, 5.74) is 20.3. The summed E-state index contributed by atoms with van der Waals surface area (Å²) in [4.78, 5) is 5.07. The number of aryl methyl sites for hydroxylation is 3. The number of nitrogens with zero attached hydrogens (tertiary/aromatic N) is 2. The molecule has 0 atom stereocenters. The van der Waals surface area contributed by atoms with E-state index in [1.54, 1.807) is 0 Å².